The Bertz CT molecular complexity index is 465. The van der Waals surface area contributed by atoms with E-state index in [1.165, 1.54) is 0 Å². The van der Waals surface area contributed by atoms with Gasteiger partial charge in [0.05, 0.1) is 12.3 Å². The molecule has 1 N–H and O–H groups in total. The SMILES string of the molecule is CNC(c1ccc(Cl)c(C)c1)c1ccco1. The van der Waals surface area contributed by atoms with Gasteiger partial charge in [0.2, 0.25) is 0 Å². The summed E-state index contributed by atoms with van der Waals surface area (Å²) < 4.78 is 5.42. The summed E-state index contributed by atoms with van der Waals surface area (Å²) in [5.74, 6) is 0.907. The molecular weight excluding hydrogens is 222 g/mol. The lowest BCUT2D eigenvalue weighted by molar-refractivity contribution is 0.463. The van der Waals surface area contributed by atoms with Crippen LogP contribution in [-0.2, 0) is 0 Å². The smallest absolute Gasteiger partial charge is 0.125 e. The number of benzene rings is 1. The maximum Gasteiger partial charge on any atom is 0.125 e. The Kier molecular flexibility index (Phi) is 3.32. The lowest BCUT2D eigenvalue weighted by Gasteiger charge is -2.15. The molecule has 1 aromatic carbocycles. The number of hydrogen-bond acceptors (Lipinski definition) is 2. The molecule has 0 saturated heterocycles. The Hall–Kier alpha value is -1.25. The van der Waals surface area contributed by atoms with Crippen molar-refractivity contribution in [3.05, 3.63) is 58.5 Å². The summed E-state index contributed by atoms with van der Waals surface area (Å²) in [4.78, 5) is 0. The molecule has 1 unspecified atom stereocenters. The second kappa shape index (κ2) is 4.73. The minimum absolute atomic E-state index is 0.0750. The van der Waals surface area contributed by atoms with Crippen LogP contribution in [0.3, 0.4) is 0 Å². The van der Waals surface area contributed by atoms with Gasteiger partial charge in [-0.1, -0.05) is 23.7 Å². The molecule has 0 aliphatic heterocycles. The third kappa shape index (κ3) is 2.13. The first-order valence-electron chi connectivity index (χ1n) is 5.19. The molecule has 1 heterocycles. The van der Waals surface area contributed by atoms with Crippen molar-refractivity contribution in [1.29, 1.82) is 0 Å². The number of halogens is 1. The van der Waals surface area contributed by atoms with Gasteiger partial charge in [0, 0.05) is 5.02 Å². The first-order valence-corrected chi connectivity index (χ1v) is 5.57. The van der Waals surface area contributed by atoms with Crippen molar-refractivity contribution in [3.63, 3.8) is 0 Å². The van der Waals surface area contributed by atoms with Gasteiger partial charge in [-0.25, -0.2) is 0 Å². The molecule has 0 radical (unpaired) electrons. The lowest BCUT2D eigenvalue weighted by atomic mass is 10.0. The molecule has 0 aliphatic carbocycles. The Morgan fingerprint density at radius 1 is 1.31 bits per heavy atom. The summed E-state index contributed by atoms with van der Waals surface area (Å²) in [5.41, 5.74) is 2.23. The maximum absolute atomic E-state index is 6.01. The maximum atomic E-state index is 6.01. The molecule has 0 fully saturated rings. The minimum Gasteiger partial charge on any atom is -0.467 e. The summed E-state index contributed by atoms with van der Waals surface area (Å²) in [6, 6.07) is 9.93. The van der Waals surface area contributed by atoms with E-state index < -0.39 is 0 Å². The monoisotopic (exact) mass is 235 g/mol. The second-order valence-corrected chi connectivity index (χ2v) is 4.15. The fraction of sp³-hybridized carbons (Fsp3) is 0.231. The predicted molar refractivity (Wildman–Crippen MR) is 65.8 cm³/mol. The fourth-order valence-electron chi connectivity index (χ4n) is 1.78. The van der Waals surface area contributed by atoms with Crippen molar-refractivity contribution in [2.24, 2.45) is 0 Å². The molecule has 0 bridgehead atoms. The van der Waals surface area contributed by atoms with Crippen molar-refractivity contribution < 1.29 is 4.42 Å². The molecule has 3 heteroatoms. The highest BCUT2D eigenvalue weighted by atomic mass is 35.5. The minimum atomic E-state index is 0.0750. The van der Waals surface area contributed by atoms with Crippen LogP contribution in [0, 0.1) is 6.92 Å². The van der Waals surface area contributed by atoms with E-state index in [4.69, 9.17) is 16.0 Å². The molecule has 1 aromatic heterocycles. The summed E-state index contributed by atoms with van der Waals surface area (Å²) in [6.07, 6.45) is 1.68. The Morgan fingerprint density at radius 3 is 2.69 bits per heavy atom. The van der Waals surface area contributed by atoms with Crippen LogP contribution < -0.4 is 5.32 Å². The number of nitrogens with one attached hydrogen (secondary N) is 1. The second-order valence-electron chi connectivity index (χ2n) is 3.75. The highest BCUT2D eigenvalue weighted by Crippen LogP contribution is 2.25. The number of hydrogen-bond donors (Lipinski definition) is 1. The fourth-order valence-corrected chi connectivity index (χ4v) is 1.89. The molecule has 0 saturated carbocycles. The van der Waals surface area contributed by atoms with Crippen molar-refractivity contribution in [1.82, 2.24) is 5.32 Å². The van der Waals surface area contributed by atoms with E-state index >= 15 is 0 Å². The highest BCUT2D eigenvalue weighted by Gasteiger charge is 2.14. The van der Waals surface area contributed by atoms with Crippen molar-refractivity contribution >= 4 is 11.6 Å². The first-order chi connectivity index (χ1) is 7.72. The molecule has 2 aromatic rings. The molecule has 0 amide bonds. The average molecular weight is 236 g/mol. The molecule has 2 rings (SSSR count). The summed E-state index contributed by atoms with van der Waals surface area (Å²) in [7, 11) is 1.91. The van der Waals surface area contributed by atoms with Crippen molar-refractivity contribution in [3.8, 4) is 0 Å². The van der Waals surface area contributed by atoms with Crippen LogP contribution in [0.1, 0.15) is 22.9 Å². The van der Waals surface area contributed by atoms with E-state index in [-0.39, 0.29) is 6.04 Å². The molecule has 84 valence electrons. The van der Waals surface area contributed by atoms with Crippen LogP contribution in [-0.4, -0.2) is 7.05 Å². The summed E-state index contributed by atoms with van der Waals surface area (Å²) >= 11 is 6.01. The average Bonchev–Trinajstić information content (AvgIpc) is 2.78. The Morgan fingerprint density at radius 2 is 2.12 bits per heavy atom. The number of rotatable bonds is 3. The Labute approximate surface area is 100 Å². The van der Waals surface area contributed by atoms with Gasteiger partial charge in [-0.3, -0.25) is 0 Å². The van der Waals surface area contributed by atoms with Crippen LogP contribution in [0.25, 0.3) is 0 Å². The predicted octanol–water partition coefficient (Wildman–Crippen LogP) is 3.55. The van der Waals surface area contributed by atoms with Gasteiger partial charge < -0.3 is 9.73 Å². The van der Waals surface area contributed by atoms with Crippen LogP contribution in [0.15, 0.2) is 41.0 Å². The normalized spacial score (nSPS) is 12.7. The van der Waals surface area contributed by atoms with Crippen LogP contribution >= 0.6 is 11.6 Å². The third-order valence-electron chi connectivity index (χ3n) is 2.63. The van der Waals surface area contributed by atoms with Crippen molar-refractivity contribution in [2.75, 3.05) is 7.05 Å². The van der Waals surface area contributed by atoms with E-state index in [1.54, 1.807) is 6.26 Å². The quantitative estimate of drug-likeness (QED) is 0.880. The molecule has 16 heavy (non-hydrogen) atoms. The van der Waals surface area contributed by atoms with E-state index in [2.05, 4.69) is 11.4 Å². The topological polar surface area (TPSA) is 25.2 Å². The van der Waals surface area contributed by atoms with E-state index in [1.807, 2.05) is 38.2 Å². The highest BCUT2D eigenvalue weighted by molar-refractivity contribution is 6.31. The van der Waals surface area contributed by atoms with Crippen LogP contribution in [0.5, 0.6) is 0 Å². The van der Waals surface area contributed by atoms with Crippen molar-refractivity contribution in [2.45, 2.75) is 13.0 Å². The standard InChI is InChI=1S/C13H14ClNO/c1-9-8-10(5-6-11(9)14)13(15-2)12-4-3-7-16-12/h3-8,13,15H,1-2H3. The van der Waals surface area contributed by atoms with Gasteiger partial charge in [0.25, 0.3) is 0 Å². The van der Waals surface area contributed by atoms with Crippen LogP contribution in [0.4, 0.5) is 0 Å². The van der Waals surface area contributed by atoms with Gasteiger partial charge in [-0.05, 0) is 43.3 Å². The number of furan rings is 1. The summed E-state index contributed by atoms with van der Waals surface area (Å²) in [5, 5.41) is 4.02. The molecule has 0 spiro atoms. The third-order valence-corrected chi connectivity index (χ3v) is 3.06. The zero-order valence-electron chi connectivity index (χ0n) is 9.33. The van der Waals surface area contributed by atoms with Gasteiger partial charge in [0.15, 0.2) is 0 Å². The van der Waals surface area contributed by atoms with Gasteiger partial charge in [0.1, 0.15) is 5.76 Å². The molecular formula is C13H14ClNO. The van der Waals surface area contributed by atoms with E-state index in [0.29, 0.717) is 0 Å². The first kappa shape index (κ1) is 11.2. The molecule has 2 nitrogen and oxygen atoms in total. The molecule has 1 atom stereocenters. The summed E-state index contributed by atoms with van der Waals surface area (Å²) in [6.45, 7) is 2.00. The van der Waals surface area contributed by atoms with Gasteiger partial charge >= 0.3 is 0 Å². The lowest BCUT2D eigenvalue weighted by Crippen LogP contribution is -2.17. The van der Waals surface area contributed by atoms with E-state index in [9.17, 15) is 0 Å². The van der Waals surface area contributed by atoms with Gasteiger partial charge in [-0.2, -0.15) is 0 Å². The largest absolute Gasteiger partial charge is 0.467 e. The van der Waals surface area contributed by atoms with E-state index in [0.717, 1.165) is 21.9 Å². The van der Waals surface area contributed by atoms with Gasteiger partial charge in [-0.15, -0.1) is 0 Å². The molecule has 0 aliphatic rings. The van der Waals surface area contributed by atoms with Crippen LogP contribution in [0.2, 0.25) is 5.02 Å². The number of aryl methyl sites for hydroxylation is 1. The zero-order valence-corrected chi connectivity index (χ0v) is 10.1. The zero-order chi connectivity index (χ0) is 11.5. The Balaban J connectivity index is 2.37.